The van der Waals surface area contributed by atoms with E-state index in [1.54, 1.807) is 46.6 Å². The standard InChI is InChI=1S/C22H17N3S4/c1-15(16-9-3-2-4-10-16)25(28-21-23-17-11-5-7-13-19(17)26-21)29-22-24-18-12-6-8-14-20(18)27-22/h2-15H,1H3. The van der Waals surface area contributed by atoms with Crippen LogP contribution in [-0.2, 0) is 0 Å². The minimum Gasteiger partial charge on any atom is -0.228 e. The van der Waals surface area contributed by atoms with Crippen LogP contribution in [0.2, 0.25) is 0 Å². The number of hydrogen-bond acceptors (Lipinski definition) is 7. The van der Waals surface area contributed by atoms with Crippen LogP contribution in [0.15, 0.2) is 87.5 Å². The molecule has 0 bridgehead atoms. The Bertz CT molecular complexity index is 1110. The van der Waals surface area contributed by atoms with Crippen molar-refractivity contribution in [3.8, 4) is 0 Å². The molecule has 0 aliphatic carbocycles. The van der Waals surface area contributed by atoms with Gasteiger partial charge in [-0.25, -0.2) is 9.97 Å². The summed E-state index contributed by atoms with van der Waals surface area (Å²) in [6.45, 7) is 2.23. The van der Waals surface area contributed by atoms with Crippen LogP contribution in [0.3, 0.4) is 0 Å². The Balaban J connectivity index is 1.47. The van der Waals surface area contributed by atoms with E-state index in [4.69, 9.17) is 9.97 Å². The lowest BCUT2D eigenvalue weighted by atomic mass is 10.1. The van der Waals surface area contributed by atoms with Gasteiger partial charge in [-0.2, -0.15) is 3.71 Å². The second-order valence-corrected chi connectivity index (χ2v) is 11.2. The third-order valence-corrected chi connectivity index (χ3v) is 9.03. The normalized spacial score (nSPS) is 12.8. The molecule has 0 amide bonds. The number of benzene rings is 3. The minimum atomic E-state index is 0.199. The molecule has 5 aromatic rings. The number of thiazole rings is 2. The fourth-order valence-corrected chi connectivity index (χ4v) is 7.68. The van der Waals surface area contributed by atoms with Crippen molar-refractivity contribution in [1.82, 2.24) is 13.7 Å². The van der Waals surface area contributed by atoms with Gasteiger partial charge in [0.05, 0.1) is 26.5 Å². The molecular weight excluding hydrogens is 435 g/mol. The summed E-state index contributed by atoms with van der Waals surface area (Å²) in [6, 6.07) is 27.4. The van der Waals surface area contributed by atoms with E-state index in [1.807, 2.05) is 12.1 Å². The van der Waals surface area contributed by atoms with Gasteiger partial charge in [-0.3, -0.25) is 0 Å². The first-order valence-corrected chi connectivity index (χ1v) is 12.4. The van der Waals surface area contributed by atoms with Crippen LogP contribution in [0.4, 0.5) is 0 Å². The number of para-hydroxylation sites is 2. The number of fused-ring (bicyclic) bond motifs is 2. The van der Waals surface area contributed by atoms with Crippen molar-refractivity contribution in [2.75, 3.05) is 0 Å². The highest BCUT2D eigenvalue weighted by Crippen LogP contribution is 2.44. The van der Waals surface area contributed by atoms with Gasteiger partial charge in [0.15, 0.2) is 8.68 Å². The van der Waals surface area contributed by atoms with Gasteiger partial charge in [-0.15, -0.1) is 22.7 Å². The smallest absolute Gasteiger partial charge is 0.167 e. The molecule has 3 aromatic carbocycles. The Kier molecular flexibility index (Phi) is 5.56. The Morgan fingerprint density at radius 3 is 1.69 bits per heavy atom. The molecule has 1 atom stereocenters. The molecule has 0 aliphatic rings. The number of nitrogens with zero attached hydrogens (tertiary/aromatic N) is 3. The van der Waals surface area contributed by atoms with E-state index in [0.29, 0.717) is 0 Å². The zero-order valence-corrected chi connectivity index (χ0v) is 18.8. The van der Waals surface area contributed by atoms with E-state index < -0.39 is 0 Å². The first-order valence-electron chi connectivity index (χ1n) is 9.17. The molecule has 0 aliphatic heterocycles. The predicted molar refractivity (Wildman–Crippen MR) is 128 cm³/mol. The van der Waals surface area contributed by atoms with E-state index in [2.05, 4.69) is 77.4 Å². The van der Waals surface area contributed by atoms with E-state index in [-0.39, 0.29) is 6.04 Å². The van der Waals surface area contributed by atoms with Crippen molar-refractivity contribution < 1.29 is 0 Å². The molecule has 29 heavy (non-hydrogen) atoms. The first kappa shape index (κ1) is 19.1. The molecule has 0 spiro atoms. The summed E-state index contributed by atoms with van der Waals surface area (Å²) in [6.07, 6.45) is 0. The molecule has 7 heteroatoms. The lowest BCUT2D eigenvalue weighted by Gasteiger charge is -2.24. The Hall–Kier alpha value is -1.90. The fraction of sp³-hybridized carbons (Fsp3) is 0.0909. The summed E-state index contributed by atoms with van der Waals surface area (Å²) in [5, 5.41) is 0. The molecular formula is C22H17N3S4. The summed E-state index contributed by atoms with van der Waals surface area (Å²) in [5.41, 5.74) is 3.38. The lowest BCUT2D eigenvalue weighted by molar-refractivity contribution is 0.583. The van der Waals surface area contributed by atoms with Crippen LogP contribution >= 0.6 is 46.6 Å². The largest absolute Gasteiger partial charge is 0.228 e. The van der Waals surface area contributed by atoms with Gasteiger partial charge in [0.25, 0.3) is 0 Å². The van der Waals surface area contributed by atoms with Crippen molar-refractivity contribution in [2.45, 2.75) is 21.6 Å². The minimum absolute atomic E-state index is 0.199. The Morgan fingerprint density at radius 2 is 1.17 bits per heavy atom. The molecule has 0 N–H and O–H groups in total. The topological polar surface area (TPSA) is 29.0 Å². The maximum absolute atomic E-state index is 4.82. The maximum atomic E-state index is 4.82. The van der Waals surface area contributed by atoms with Gasteiger partial charge >= 0.3 is 0 Å². The average Bonchev–Trinajstić information content (AvgIpc) is 3.36. The second kappa shape index (κ2) is 8.45. The number of rotatable bonds is 6. The van der Waals surface area contributed by atoms with Crippen molar-refractivity contribution in [3.05, 3.63) is 84.4 Å². The SMILES string of the molecule is CC(c1ccccc1)N(Sc1nc2ccccc2s1)Sc1nc2ccccc2s1. The second-order valence-electron chi connectivity index (χ2n) is 6.45. The summed E-state index contributed by atoms with van der Waals surface area (Å²) >= 11 is 6.85. The monoisotopic (exact) mass is 451 g/mol. The highest BCUT2D eigenvalue weighted by molar-refractivity contribution is 8.13. The molecule has 5 rings (SSSR count). The zero-order chi connectivity index (χ0) is 19.6. The molecule has 2 aromatic heterocycles. The quantitative estimate of drug-likeness (QED) is 0.247. The zero-order valence-electron chi connectivity index (χ0n) is 15.6. The highest BCUT2D eigenvalue weighted by Gasteiger charge is 2.22. The third-order valence-electron chi connectivity index (χ3n) is 4.48. The third kappa shape index (κ3) is 4.20. The average molecular weight is 452 g/mol. The molecule has 0 saturated carbocycles. The summed E-state index contributed by atoms with van der Waals surface area (Å²) in [5.74, 6) is 0. The summed E-state index contributed by atoms with van der Waals surface area (Å²) in [4.78, 5) is 9.64. The van der Waals surface area contributed by atoms with Crippen molar-refractivity contribution >= 4 is 67.0 Å². The van der Waals surface area contributed by atoms with E-state index in [1.165, 1.54) is 15.0 Å². The fourth-order valence-electron chi connectivity index (χ4n) is 2.96. The number of hydrogen-bond donors (Lipinski definition) is 0. The number of aromatic nitrogens is 2. The van der Waals surface area contributed by atoms with Crippen LogP contribution in [0.25, 0.3) is 20.4 Å². The Labute approximate surface area is 186 Å². The molecule has 144 valence electrons. The predicted octanol–water partition coefficient (Wildman–Crippen LogP) is 7.68. The summed E-state index contributed by atoms with van der Waals surface area (Å²) < 4.78 is 6.83. The van der Waals surface area contributed by atoms with Crippen LogP contribution in [0, 0.1) is 0 Å². The van der Waals surface area contributed by atoms with Crippen LogP contribution < -0.4 is 0 Å². The molecule has 3 nitrogen and oxygen atoms in total. The van der Waals surface area contributed by atoms with Crippen molar-refractivity contribution in [2.24, 2.45) is 0 Å². The van der Waals surface area contributed by atoms with E-state index in [0.717, 1.165) is 19.7 Å². The van der Waals surface area contributed by atoms with Crippen LogP contribution in [-0.4, -0.2) is 13.7 Å². The van der Waals surface area contributed by atoms with Crippen LogP contribution in [0.5, 0.6) is 0 Å². The molecule has 0 radical (unpaired) electrons. The molecule has 0 fully saturated rings. The first-order chi connectivity index (χ1) is 14.3. The van der Waals surface area contributed by atoms with Gasteiger partial charge in [-0.1, -0.05) is 54.6 Å². The van der Waals surface area contributed by atoms with Gasteiger partial charge < -0.3 is 0 Å². The van der Waals surface area contributed by atoms with Gasteiger partial charge in [0.2, 0.25) is 0 Å². The Morgan fingerprint density at radius 1 is 0.690 bits per heavy atom. The molecule has 2 heterocycles. The highest BCUT2D eigenvalue weighted by atomic mass is 32.2. The van der Waals surface area contributed by atoms with Gasteiger partial charge in [0.1, 0.15) is 0 Å². The maximum Gasteiger partial charge on any atom is 0.167 e. The summed E-state index contributed by atoms with van der Waals surface area (Å²) in [7, 11) is 0. The molecule has 0 saturated heterocycles. The van der Waals surface area contributed by atoms with E-state index >= 15 is 0 Å². The van der Waals surface area contributed by atoms with Crippen LogP contribution in [0.1, 0.15) is 18.5 Å². The lowest BCUT2D eigenvalue weighted by Crippen LogP contribution is -2.12. The van der Waals surface area contributed by atoms with Crippen molar-refractivity contribution in [3.63, 3.8) is 0 Å². The van der Waals surface area contributed by atoms with Gasteiger partial charge in [0, 0.05) is 23.9 Å². The van der Waals surface area contributed by atoms with Crippen molar-refractivity contribution in [1.29, 1.82) is 0 Å². The van der Waals surface area contributed by atoms with E-state index in [9.17, 15) is 0 Å². The van der Waals surface area contributed by atoms with Gasteiger partial charge in [-0.05, 0) is 36.8 Å². The molecule has 1 unspecified atom stereocenters.